The minimum atomic E-state index is 0.842. The second-order valence-corrected chi connectivity index (χ2v) is 4.39. The molecule has 0 aliphatic carbocycles. The van der Waals surface area contributed by atoms with Crippen LogP contribution in [0.2, 0.25) is 0 Å². The molecule has 0 atom stereocenters. The van der Waals surface area contributed by atoms with E-state index in [1.807, 2.05) is 12.1 Å². The van der Waals surface area contributed by atoms with Crippen molar-refractivity contribution in [1.82, 2.24) is 9.97 Å². The Labute approximate surface area is 119 Å². The summed E-state index contributed by atoms with van der Waals surface area (Å²) < 4.78 is 10.9. The molecule has 20 heavy (non-hydrogen) atoms. The van der Waals surface area contributed by atoms with Gasteiger partial charge in [0.2, 0.25) is 0 Å². The zero-order valence-corrected chi connectivity index (χ0v) is 12.4. The van der Waals surface area contributed by atoms with E-state index < -0.39 is 0 Å². The molecule has 0 aliphatic rings. The Bertz CT molecular complexity index is 544. The number of rotatable bonds is 5. The predicted octanol–water partition coefficient (Wildman–Crippen LogP) is 3.29. The fraction of sp³-hybridized carbons (Fsp3) is 0.375. The first-order valence-electron chi connectivity index (χ1n) is 6.80. The standard InChI is InChI=1S/C16H20N2O2/c1-5-11-13(19-3)7-9-17-15(11)16-12(6-2)14(20-4)8-10-18-16/h7-10H,5-6H2,1-4H3. The summed E-state index contributed by atoms with van der Waals surface area (Å²) in [6.45, 7) is 4.18. The number of nitrogens with zero attached hydrogens (tertiary/aromatic N) is 2. The van der Waals surface area contributed by atoms with E-state index in [9.17, 15) is 0 Å². The van der Waals surface area contributed by atoms with Crippen LogP contribution in [0.15, 0.2) is 24.5 Å². The summed E-state index contributed by atoms with van der Waals surface area (Å²) >= 11 is 0. The van der Waals surface area contributed by atoms with Crippen LogP contribution in [0.1, 0.15) is 25.0 Å². The second kappa shape index (κ2) is 6.37. The minimum absolute atomic E-state index is 0.842. The molecule has 0 unspecified atom stereocenters. The van der Waals surface area contributed by atoms with Crippen molar-refractivity contribution in [2.24, 2.45) is 0 Å². The SMILES string of the molecule is CCc1c(OC)ccnc1-c1nccc(OC)c1CC. The molecule has 0 amide bonds. The van der Waals surface area contributed by atoms with E-state index in [-0.39, 0.29) is 0 Å². The molecule has 2 heterocycles. The molecular formula is C16H20N2O2. The van der Waals surface area contributed by atoms with Gasteiger partial charge in [0.15, 0.2) is 0 Å². The summed E-state index contributed by atoms with van der Waals surface area (Å²) in [4.78, 5) is 9.03. The maximum atomic E-state index is 5.43. The van der Waals surface area contributed by atoms with Gasteiger partial charge in [0.1, 0.15) is 11.5 Å². The van der Waals surface area contributed by atoms with Crippen molar-refractivity contribution in [3.05, 3.63) is 35.7 Å². The van der Waals surface area contributed by atoms with Gasteiger partial charge in [0.25, 0.3) is 0 Å². The van der Waals surface area contributed by atoms with Crippen LogP contribution in [0.4, 0.5) is 0 Å². The van der Waals surface area contributed by atoms with Gasteiger partial charge in [-0.15, -0.1) is 0 Å². The molecule has 0 spiro atoms. The van der Waals surface area contributed by atoms with E-state index in [1.54, 1.807) is 26.6 Å². The molecule has 4 nitrogen and oxygen atoms in total. The number of hydrogen-bond acceptors (Lipinski definition) is 4. The lowest BCUT2D eigenvalue weighted by Gasteiger charge is -2.15. The number of hydrogen-bond donors (Lipinski definition) is 0. The second-order valence-electron chi connectivity index (χ2n) is 4.39. The molecule has 0 aliphatic heterocycles. The van der Waals surface area contributed by atoms with Crippen molar-refractivity contribution in [2.45, 2.75) is 26.7 Å². The van der Waals surface area contributed by atoms with Crippen molar-refractivity contribution in [2.75, 3.05) is 14.2 Å². The Morgan fingerprint density at radius 1 is 0.800 bits per heavy atom. The average Bonchev–Trinajstić information content (AvgIpc) is 2.52. The van der Waals surface area contributed by atoms with Gasteiger partial charge in [0, 0.05) is 23.5 Å². The molecule has 0 saturated heterocycles. The number of aromatic nitrogens is 2. The molecule has 0 aromatic carbocycles. The van der Waals surface area contributed by atoms with Crippen molar-refractivity contribution in [3.8, 4) is 22.9 Å². The smallest absolute Gasteiger partial charge is 0.125 e. The number of methoxy groups -OCH3 is 2. The molecule has 0 fully saturated rings. The van der Waals surface area contributed by atoms with Crippen LogP contribution < -0.4 is 9.47 Å². The van der Waals surface area contributed by atoms with Gasteiger partial charge in [-0.2, -0.15) is 0 Å². The first-order chi connectivity index (χ1) is 9.76. The zero-order valence-electron chi connectivity index (χ0n) is 12.4. The van der Waals surface area contributed by atoms with E-state index >= 15 is 0 Å². The summed E-state index contributed by atoms with van der Waals surface area (Å²) in [6.07, 6.45) is 5.20. The van der Waals surface area contributed by atoms with Crippen LogP contribution in [-0.2, 0) is 12.8 Å². The first-order valence-corrected chi connectivity index (χ1v) is 6.80. The van der Waals surface area contributed by atoms with E-state index in [1.165, 1.54) is 0 Å². The third-order valence-corrected chi connectivity index (χ3v) is 3.40. The Morgan fingerprint density at radius 2 is 1.20 bits per heavy atom. The molecule has 0 bridgehead atoms. The Balaban J connectivity index is 2.68. The van der Waals surface area contributed by atoms with Crippen LogP contribution >= 0.6 is 0 Å². The van der Waals surface area contributed by atoms with Gasteiger partial charge in [0.05, 0.1) is 25.6 Å². The lowest BCUT2D eigenvalue weighted by Crippen LogP contribution is -2.02. The largest absolute Gasteiger partial charge is 0.496 e. The van der Waals surface area contributed by atoms with Crippen LogP contribution in [0.25, 0.3) is 11.4 Å². The zero-order chi connectivity index (χ0) is 14.5. The quantitative estimate of drug-likeness (QED) is 0.837. The minimum Gasteiger partial charge on any atom is -0.496 e. The lowest BCUT2D eigenvalue weighted by atomic mass is 10.0. The highest BCUT2D eigenvalue weighted by Gasteiger charge is 2.17. The average molecular weight is 272 g/mol. The molecule has 0 saturated carbocycles. The highest BCUT2D eigenvalue weighted by atomic mass is 16.5. The maximum Gasteiger partial charge on any atom is 0.125 e. The van der Waals surface area contributed by atoms with Crippen LogP contribution in [0.3, 0.4) is 0 Å². The van der Waals surface area contributed by atoms with Crippen molar-refractivity contribution in [3.63, 3.8) is 0 Å². The van der Waals surface area contributed by atoms with Gasteiger partial charge < -0.3 is 9.47 Å². The van der Waals surface area contributed by atoms with Crippen LogP contribution in [-0.4, -0.2) is 24.2 Å². The van der Waals surface area contributed by atoms with Gasteiger partial charge in [-0.3, -0.25) is 9.97 Å². The van der Waals surface area contributed by atoms with Crippen LogP contribution in [0, 0.1) is 0 Å². The first kappa shape index (κ1) is 14.3. The van der Waals surface area contributed by atoms with Gasteiger partial charge in [-0.1, -0.05) is 13.8 Å². The molecular weight excluding hydrogens is 252 g/mol. The highest BCUT2D eigenvalue weighted by molar-refractivity contribution is 5.68. The number of ether oxygens (including phenoxy) is 2. The topological polar surface area (TPSA) is 44.2 Å². The van der Waals surface area contributed by atoms with Crippen LogP contribution in [0.5, 0.6) is 11.5 Å². The summed E-state index contributed by atoms with van der Waals surface area (Å²) in [5.74, 6) is 1.70. The van der Waals surface area contributed by atoms with Crippen molar-refractivity contribution < 1.29 is 9.47 Å². The maximum absolute atomic E-state index is 5.43. The van der Waals surface area contributed by atoms with E-state index in [4.69, 9.17) is 9.47 Å². The Hall–Kier alpha value is -2.10. The summed E-state index contributed by atoms with van der Waals surface area (Å²) in [7, 11) is 3.36. The van der Waals surface area contributed by atoms with E-state index in [2.05, 4.69) is 23.8 Å². The third-order valence-electron chi connectivity index (χ3n) is 3.40. The Morgan fingerprint density at radius 3 is 1.50 bits per heavy atom. The molecule has 2 aromatic heterocycles. The molecule has 106 valence electrons. The summed E-state index contributed by atoms with van der Waals surface area (Å²) in [6, 6.07) is 3.77. The fourth-order valence-corrected chi connectivity index (χ4v) is 2.42. The van der Waals surface area contributed by atoms with Crippen molar-refractivity contribution >= 4 is 0 Å². The van der Waals surface area contributed by atoms with Gasteiger partial charge >= 0.3 is 0 Å². The summed E-state index contributed by atoms with van der Waals surface area (Å²) in [5.41, 5.74) is 3.90. The van der Waals surface area contributed by atoms with Crippen molar-refractivity contribution in [1.29, 1.82) is 0 Å². The molecule has 4 heteroatoms. The predicted molar refractivity (Wildman–Crippen MR) is 79.3 cm³/mol. The molecule has 0 radical (unpaired) electrons. The number of pyridine rings is 2. The van der Waals surface area contributed by atoms with Gasteiger partial charge in [-0.05, 0) is 25.0 Å². The molecule has 2 aromatic rings. The van der Waals surface area contributed by atoms with Gasteiger partial charge in [-0.25, -0.2) is 0 Å². The van der Waals surface area contributed by atoms with E-state index in [0.717, 1.165) is 46.9 Å². The molecule has 2 rings (SSSR count). The lowest BCUT2D eigenvalue weighted by molar-refractivity contribution is 0.408. The summed E-state index contributed by atoms with van der Waals surface area (Å²) in [5, 5.41) is 0. The molecule has 0 N–H and O–H groups in total. The monoisotopic (exact) mass is 272 g/mol. The third kappa shape index (κ3) is 2.46. The normalized spacial score (nSPS) is 10.4. The highest BCUT2D eigenvalue weighted by Crippen LogP contribution is 2.33. The Kier molecular flexibility index (Phi) is 4.56. The fourth-order valence-electron chi connectivity index (χ4n) is 2.42. The van der Waals surface area contributed by atoms with E-state index in [0.29, 0.717) is 0 Å².